The Morgan fingerprint density at radius 2 is 1.58 bits per heavy atom. The van der Waals surface area contributed by atoms with Crippen LogP contribution in [-0.4, -0.2) is 32.4 Å². The van der Waals surface area contributed by atoms with Gasteiger partial charge in [-0.1, -0.05) is 66.2 Å². The summed E-state index contributed by atoms with van der Waals surface area (Å²) in [7, 11) is 0. The molecule has 0 unspecified atom stereocenters. The summed E-state index contributed by atoms with van der Waals surface area (Å²) in [6, 6.07) is 21.9. The Hall–Kier alpha value is -4.17. The first-order valence-corrected chi connectivity index (χ1v) is 12.9. The van der Waals surface area contributed by atoms with E-state index in [1.165, 1.54) is 10.1 Å². The van der Waals surface area contributed by atoms with Crippen molar-refractivity contribution >= 4 is 34.3 Å². The largest absolute Gasteiger partial charge is 0.350 e. The number of carbonyl (C=O) groups is 2. The molecule has 0 saturated heterocycles. The number of halogens is 1. The molecule has 8 nitrogen and oxygen atoms in total. The van der Waals surface area contributed by atoms with Crippen LogP contribution < -0.4 is 16.6 Å². The Labute approximate surface area is 224 Å². The summed E-state index contributed by atoms with van der Waals surface area (Å²) in [5.41, 5.74) is 2.36. The van der Waals surface area contributed by atoms with Crippen LogP contribution in [0.2, 0.25) is 5.02 Å². The van der Waals surface area contributed by atoms with Gasteiger partial charge in [-0.25, -0.2) is 4.79 Å². The summed E-state index contributed by atoms with van der Waals surface area (Å²) in [4.78, 5) is 54.2. The van der Waals surface area contributed by atoms with E-state index in [1.54, 1.807) is 41.3 Å². The molecule has 9 heteroatoms. The second-order valence-corrected chi connectivity index (χ2v) is 9.70. The lowest BCUT2D eigenvalue weighted by molar-refractivity contribution is -0.132. The van der Waals surface area contributed by atoms with Crippen molar-refractivity contribution in [3.05, 3.63) is 115 Å². The lowest BCUT2D eigenvalue weighted by atomic mass is 10.00. The standard InChI is InChI=1S/C29H27ClN4O4/c30-24-11-5-3-8-21(24)17-31-26(35)19-34-25-12-6-4-10-23(25)28(37)33(29(34)38)16-14-27(36)32-15-13-20-7-1-2-9-22(20)18-32/h1-12H,13-19H2,(H,31,35). The van der Waals surface area contributed by atoms with Gasteiger partial charge < -0.3 is 10.2 Å². The van der Waals surface area contributed by atoms with Gasteiger partial charge in [0.2, 0.25) is 11.8 Å². The number of aromatic nitrogens is 2. The zero-order valence-corrected chi connectivity index (χ0v) is 21.5. The highest BCUT2D eigenvalue weighted by Gasteiger charge is 2.21. The minimum atomic E-state index is -0.626. The number of nitrogens with one attached hydrogen (secondary N) is 1. The van der Waals surface area contributed by atoms with Gasteiger partial charge in [0.05, 0.1) is 10.9 Å². The van der Waals surface area contributed by atoms with Crippen LogP contribution in [0.25, 0.3) is 10.9 Å². The van der Waals surface area contributed by atoms with Crippen LogP contribution in [-0.2, 0) is 42.2 Å². The first-order chi connectivity index (χ1) is 18.4. The van der Waals surface area contributed by atoms with Crippen molar-refractivity contribution in [1.29, 1.82) is 0 Å². The minimum Gasteiger partial charge on any atom is -0.350 e. The molecule has 3 aromatic carbocycles. The highest BCUT2D eigenvalue weighted by Crippen LogP contribution is 2.19. The SMILES string of the molecule is O=C(Cn1c(=O)n(CCC(=O)N2CCc3ccccc3C2)c(=O)c2ccccc21)NCc1ccccc1Cl. The van der Waals surface area contributed by atoms with E-state index >= 15 is 0 Å². The third-order valence-electron chi connectivity index (χ3n) is 6.90. The first kappa shape index (κ1) is 25.5. The normalized spacial score (nSPS) is 12.8. The average Bonchev–Trinajstić information content (AvgIpc) is 2.94. The number of nitrogens with zero attached hydrogens (tertiary/aromatic N) is 3. The van der Waals surface area contributed by atoms with Gasteiger partial charge in [0.25, 0.3) is 5.56 Å². The molecular weight excluding hydrogens is 504 g/mol. The van der Waals surface area contributed by atoms with Gasteiger partial charge in [0, 0.05) is 37.6 Å². The summed E-state index contributed by atoms with van der Waals surface area (Å²) in [5, 5.41) is 3.63. The Morgan fingerprint density at radius 3 is 2.39 bits per heavy atom. The molecule has 194 valence electrons. The molecule has 0 radical (unpaired) electrons. The summed E-state index contributed by atoms with van der Waals surface area (Å²) in [5.74, 6) is -0.520. The summed E-state index contributed by atoms with van der Waals surface area (Å²) in [6.45, 7) is 0.968. The molecule has 0 bridgehead atoms. The molecular formula is C29H27ClN4O4. The third kappa shape index (κ3) is 5.26. The van der Waals surface area contributed by atoms with Crippen LogP contribution in [0.3, 0.4) is 0 Å². The molecule has 1 aliphatic rings. The van der Waals surface area contributed by atoms with E-state index in [1.807, 2.05) is 30.3 Å². The van der Waals surface area contributed by atoms with E-state index in [4.69, 9.17) is 11.6 Å². The van der Waals surface area contributed by atoms with Crippen molar-refractivity contribution in [3.63, 3.8) is 0 Å². The molecule has 4 aromatic rings. The number of amides is 2. The topological polar surface area (TPSA) is 93.4 Å². The van der Waals surface area contributed by atoms with Crippen molar-refractivity contribution in [1.82, 2.24) is 19.4 Å². The molecule has 5 rings (SSSR count). The molecule has 0 saturated carbocycles. The van der Waals surface area contributed by atoms with E-state index in [9.17, 15) is 19.2 Å². The lowest BCUT2D eigenvalue weighted by Crippen LogP contribution is -2.44. The molecule has 2 amide bonds. The van der Waals surface area contributed by atoms with Crippen LogP contribution in [0.4, 0.5) is 0 Å². The second-order valence-electron chi connectivity index (χ2n) is 9.29. The average molecular weight is 531 g/mol. The fourth-order valence-corrected chi connectivity index (χ4v) is 5.03. The maximum Gasteiger partial charge on any atom is 0.331 e. The Morgan fingerprint density at radius 1 is 0.868 bits per heavy atom. The van der Waals surface area contributed by atoms with E-state index in [2.05, 4.69) is 11.4 Å². The van der Waals surface area contributed by atoms with Crippen LogP contribution in [0.15, 0.2) is 82.4 Å². The molecule has 1 N–H and O–H groups in total. The number of carbonyl (C=O) groups excluding carboxylic acids is 2. The highest BCUT2D eigenvalue weighted by atomic mass is 35.5. The lowest BCUT2D eigenvalue weighted by Gasteiger charge is -2.29. The van der Waals surface area contributed by atoms with E-state index in [0.717, 1.165) is 22.1 Å². The van der Waals surface area contributed by atoms with Crippen molar-refractivity contribution in [2.45, 2.75) is 39.0 Å². The number of fused-ring (bicyclic) bond motifs is 2. The minimum absolute atomic E-state index is 0.00829. The van der Waals surface area contributed by atoms with Gasteiger partial charge in [0.15, 0.2) is 0 Å². The smallest absolute Gasteiger partial charge is 0.331 e. The fraction of sp³-hybridized carbons (Fsp3) is 0.241. The van der Waals surface area contributed by atoms with Crippen molar-refractivity contribution in [2.75, 3.05) is 6.54 Å². The van der Waals surface area contributed by atoms with Crippen LogP contribution in [0.5, 0.6) is 0 Å². The Bertz CT molecular complexity index is 1640. The van der Waals surface area contributed by atoms with E-state index in [-0.39, 0.29) is 32.0 Å². The predicted octanol–water partition coefficient (Wildman–Crippen LogP) is 3.11. The maximum absolute atomic E-state index is 13.4. The van der Waals surface area contributed by atoms with Crippen LogP contribution in [0.1, 0.15) is 23.1 Å². The number of hydrogen-bond donors (Lipinski definition) is 1. The van der Waals surface area contributed by atoms with E-state index in [0.29, 0.717) is 29.0 Å². The van der Waals surface area contributed by atoms with Gasteiger partial charge >= 0.3 is 5.69 Å². The van der Waals surface area contributed by atoms with Crippen LogP contribution >= 0.6 is 11.6 Å². The fourth-order valence-electron chi connectivity index (χ4n) is 4.83. The molecule has 0 spiro atoms. The number of benzene rings is 3. The zero-order chi connectivity index (χ0) is 26.6. The molecule has 1 aromatic heterocycles. The van der Waals surface area contributed by atoms with Crippen molar-refractivity contribution in [3.8, 4) is 0 Å². The third-order valence-corrected chi connectivity index (χ3v) is 7.27. The number of rotatable bonds is 7. The zero-order valence-electron chi connectivity index (χ0n) is 20.7. The predicted molar refractivity (Wildman–Crippen MR) is 146 cm³/mol. The summed E-state index contributed by atoms with van der Waals surface area (Å²) < 4.78 is 2.33. The molecule has 0 aliphatic carbocycles. The van der Waals surface area contributed by atoms with Gasteiger partial charge in [-0.05, 0) is 41.3 Å². The van der Waals surface area contributed by atoms with Gasteiger partial charge in [0.1, 0.15) is 6.54 Å². The summed E-state index contributed by atoms with van der Waals surface area (Å²) in [6.07, 6.45) is 0.780. The molecule has 2 heterocycles. The van der Waals surface area contributed by atoms with Crippen molar-refractivity contribution < 1.29 is 9.59 Å². The molecule has 0 fully saturated rings. The Kier molecular flexibility index (Phi) is 7.42. The van der Waals surface area contributed by atoms with Crippen LogP contribution in [0, 0.1) is 0 Å². The highest BCUT2D eigenvalue weighted by molar-refractivity contribution is 6.31. The maximum atomic E-state index is 13.4. The molecule has 1 aliphatic heterocycles. The monoisotopic (exact) mass is 530 g/mol. The summed E-state index contributed by atoms with van der Waals surface area (Å²) >= 11 is 6.18. The van der Waals surface area contributed by atoms with Crippen molar-refractivity contribution in [2.24, 2.45) is 0 Å². The Balaban J connectivity index is 1.35. The molecule has 38 heavy (non-hydrogen) atoms. The quantitative estimate of drug-likeness (QED) is 0.397. The number of para-hydroxylation sites is 1. The van der Waals surface area contributed by atoms with E-state index < -0.39 is 17.2 Å². The van der Waals surface area contributed by atoms with Gasteiger partial charge in [-0.2, -0.15) is 0 Å². The van der Waals surface area contributed by atoms with Gasteiger partial charge in [-0.15, -0.1) is 0 Å². The first-order valence-electron chi connectivity index (χ1n) is 12.5. The molecule has 0 atom stereocenters. The second kappa shape index (κ2) is 11.1. The van der Waals surface area contributed by atoms with Gasteiger partial charge in [-0.3, -0.25) is 23.5 Å². The number of hydrogen-bond acceptors (Lipinski definition) is 4.